The Morgan fingerprint density at radius 1 is 1.25 bits per heavy atom. The van der Waals surface area contributed by atoms with E-state index in [0.29, 0.717) is 29.6 Å². The Hall–Kier alpha value is -2.08. The molecule has 0 radical (unpaired) electrons. The van der Waals surface area contributed by atoms with Crippen LogP contribution in [0.4, 0.5) is 0 Å². The largest absolute Gasteiger partial charge is 0.493 e. The zero-order valence-electron chi connectivity index (χ0n) is 12.1. The number of nitrogens with zero attached hydrogens (tertiary/aromatic N) is 2. The molecule has 0 aliphatic heterocycles. The fourth-order valence-electron chi connectivity index (χ4n) is 1.70. The molecule has 0 spiro atoms. The quantitative estimate of drug-likeness (QED) is 0.903. The van der Waals surface area contributed by atoms with Crippen molar-refractivity contribution in [1.82, 2.24) is 10.1 Å². The van der Waals surface area contributed by atoms with Gasteiger partial charge < -0.3 is 19.7 Å². The number of nitrogens with two attached hydrogens (primary N) is 1. The Labute approximate surface area is 117 Å². The Balaban J connectivity index is 2.38. The van der Waals surface area contributed by atoms with Crippen LogP contribution in [0.1, 0.15) is 26.2 Å². The molecule has 2 rings (SSSR count). The van der Waals surface area contributed by atoms with E-state index in [-0.39, 0.29) is 0 Å². The molecule has 0 fully saturated rings. The molecule has 1 aromatic heterocycles. The minimum atomic E-state index is -0.623. The minimum Gasteiger partial charge on any atom is -0.493 e. The van der Waals surface area contributed by atoms with Crippen molar-refractivity contribution in [3.63, 3.8) is 0 Å². The molecule has 108 valence electrons. The lowest BCUT2D eigenvalue weighted by atomic mass is 10.0. The summed E-state index contributed by atoms with van der Waals surface area (Å²) in [5, 5.41) is 3.97. The second-order valence-corrected chi connectivity index (χ2v) is 4.76. The van der Waals surface area contributed by atoms with Gasteiger partial charge in [-0.05, 0) is 31.5 Å². The van der Waals surface area contributed by atoms with Crippen LogP contribution in [0.2, 0.25) is 0 Å². The van der Waals surface area contributed by atoms with Gasteiger partial charge in [0.05, 0.1) is 19.8 Å². The standard InChI is InChI=1S/C14H19N3O3/c1-5-14(2,15)13-16-12(17-20-13)9-6-7-10(18-3)11(8-9)19-4/h6-8H,5,15H2,1-4H3. The smallest absolute Gasteiger partial charge is 0.246 e. The molecule has 2 N–H and O–H groups in total. The highest BCUT2D eigenvalue weighted by atomic mass is 16.5. The lowest BCUT2D eigenvalue weighted by Crippen LogP contribution is -2.32. The molecule has 2 aromatic rings. The highest BCUT2D eigenvalue weighted by Gasteiger charge is 2.26. The van der Waals surface area contributed by atoms with E-state index in [1.807, 2.05) is 19.9 Å². The van der Waals surface area contributed by atoms with E-state index in [1.54, 1.807) is 26.4 Å². The van der Waals surface area contributed by atoms with Gasteiger partial charge in [0.25, 0.3) is 0 Å². The minimum absolute atomic E-state index is 0.421. The monoisotopic (exact) mass is 277 g/mol. The van der Waals surface area contributed by atoms with E-state index in [2.05, 4.69) is 10.1 Å². The molecule has 1 heterocycles. The number of hydrogen-bond donors (Lipinski definition) is 1. The second-order valence-electron chi connectivity index (χ2n) is 4.76. The van der Waals surface area contributed by atoms with Gasteiger partial charge in [-0.15, -0.1) is 0 Å². The Kier molecular flexibility index (Phi) is 3.94. The van der Waals surface area contributed by atoms with Gasteiger partial charge in [-0.3, -0.25) is 0 Å². The number of methoxy groups -OCH3 is 2. The third-order valence-electron chi connectivity index (χ3n) is 3.29. The summed E-state index contributed by atoms with van der Waals surface area (Å²) in [7, 11) is 3.17. The summed E-state index contributed by atoms with van der Waals surface area (Å²) < 4.78 is 15.7. The Bertz CT molecular complexity index is 593. The summed E-state index contributed by atoms with van der Waals surface area (Å²) in [4.78, 5) is 4.35. The molecule has 0 bridgehead atoms. The second kappa shape index (κ2) is 5.50. The lowest BCUT2D eigenvalue weighted by molar-refractivity contribution is 0.291. The van der Waals surface area contributed by atoms with Gasteiger partial charge in [0, 0.05) is 5.56 Å². The van der Waals surface area contributed by atoms with Gasteiger partial charge in [-0.25, -0.2) is 0 Å². The van der Waals surface area contributed by atoms with Gasteiger partial charge in [-0.1, -0.05) is 12.1 Å². The van der Waals surface area contributed by atoms with Gasteiger partial charge in [0.1, 0.15) is 0 Å². The molecule has 0 saturated carbocycles. The predicted octanol–water partition coefficient (Wildman–Crippen LogP) is 2.34. The molecule has 0 saturated heterocycles. The average Bonchev–Trinajstić information content (AvgIpc) is 2.97. The molecule has 0 aliphatic rings. The molecule has 0 amide bonds. The van der Waals surface area contributed by atoms with E-state index < -0.39 is 5.54 Å². The summed E-state index contributed by atoms with van der Waals surface area (Å²) in [5.41, 5.74) is 6.25. The molecule has 1 unspecified atom stereocenters. The topological polar surface area (TPSA) is 83.4 Å². The van der Waals surface area contributed by atoms with Crippen molar-refractivity contribution in [2.75, 3.05) is 14.2 Å². The third-order valence-corrected chi connectivity index (χ3v) is 3.29. The van der Waals surface area contributed by atoms with Gasteiger partial charge in [-0.2, -0.15) is 4.98 Å². The van der Waals surface area contributed by atoms with Crippen LogP contribution in [-0.2, 0) is 5.54 Å². The summed E-state index contributed by atoms with van der Waals surface area (Å²) in [5.74, 6) is 2.16. The fourth-order valence-corrected chi connectivity index (χ4v) is 1.70. The molecule has 1 aromatic carbocycles. The van der Waals surface area contributed by atoms with Crippen molar-refractivity contribution in [3.8, 4) is 22.9 Å². The van der Waals surface area contributed by atoms with E-state index in [9.17, 15) is 0 Å². The maximum Gasteiger partial charge on any atom is 0.246 e. The summed E-state index contributed by atoms with van der Waals surface area (Å²) >= 11 is 0. The van der Waals surface area contributed by atoms with E-state index in [1.165, 1.54) is 0 Å². The number of ether oxygens (including phenoxy) is 2. The fraction of sp³-hybridized carbons (Fsp3) is 0.429. The van der Waals surface area contributed by atoms with Crippen LogP contribution in [0.3, 0.4) is 0 Å². The number of aromatic nitrogens is 2. The van der Waals surface area contributed by atoms with Gasteiger partial charge in [0.2, 0.25) is 11.7 Å². The SMILES string of the molecule is CCC(C)(N)c1nc(-c2ccc(OC)c(OC)c2)no1. The van der Waals surface area contributed by atoms with Gasteiger partial charge >= 0.3 is 0 Å². The maximum absolute atomic E-state index is 6.09. The number of rotatable bonds is 5. The first kappa shape index (κ1) is 14.3. The first-order valence-electron chi connectivity index (χ1n) is 6.37. The summed E-state index contributed by atoms with van der Waals surface area (Å²) in [6, 6.07) is 5.44. The molecule has 6 nitrogen and oxygen atoms in total. The first-order chi connectivity index (χ1) is 9.51. The predicted molar refractivity (Wildman–Crippen MR) is 74.7 cm³/mol. The highest BCUT2D eigenvalue weighted by Crippen LogP contribution is 2.32. The molecular formula is C14H19N3O3. The van der Waals surface area contributed by atoms with Crippen LogP contribution >= 0.6 is 0 Å². The molecule has 20 heavy (non-hydrogen) atoms. The zero-order valence-corrected chi connectivity index (χ0v) is 12.1. The van der Waals surface area contributed by atoms with Crippen molar-refractivity contribution in [1.29, 1.82) is 0 Å². The van der Waals surface area contributed by atoms with Crippen LogP contribution in [0, 0.1) is 0 Å². The van der Waals surface area contributed by atoms with Crippen molar-refractivity contribution < 1.29 is 14.0 Å². The number of benzene rings is 1. The number of hydrogen-bond acceptors (Lipinski definition) is 6. The zero-order chi connectivity index (χ0) is 14.8. The molecular weight excluding hydrogens is 258 g/mol. The summed E-state index contributed by atoms with van der Waals surface area (Å²) in [6.45, 7) is 3.83. The van der Waals surface area contributed by atoms with Crippen LogP contribution in [-0.4, -0.2) is 24.4 Å². The maximum atomic E-state index is 6.09. The van der Waals surface area contributed by atoms with Crippen molar-refractivity contribution >= 4 is 0 Å². The summed E-state index contributed by atoms with van der Waals surface area (Å²) in [6.07, 6.45) is 0.709. The van der Waals surface area contributed by atoms with Crippen molar-refractivity contribution in [2.24, 2.45) is 5.73 Å². The van der Waals surface area contributed by atoms with Crippen LogP contribution in [0.5, 0.6) is 11.5 Å². The normalized spacial score (nSPS) is 13.8. The third kappa shape index (κ3) is 2.60. The van der Waals surface area contributed by atoms with E-state index in [0.717, 1.165) is 5.56 Å². The molecule has 6 heteroatoms. The van der Waals surface area contributed by atoms with Crippen LogP contribution in [0.25, 0.3) is 11.4 Å². The first-order valence-corrected chi connectivity index (χ1v) is 6.37. The highest BCUT2D eigenvalue weighted by molar-refractivity contribution is 5.60. The van der Waals surface area contributed by atoms with Gasteiger partial charge in [0.15, 0.2) is 11.5 Å². The lowest BCUT2D eigenvalue weighted by Gasteiger charge is -2.16. The Morgan fingerprint density at radius 3 is 2.55 bits per heavy atom. The van der Waals surface area contributed by atoms with Crippen molar-refractivity contribution in [2.45, 2.75) is 25.8 Å². The van der Waals surface area contributed by atoms with E-state index >= 15 is 0 Å². The average molecular weight is 277 g/mol. The molecule has 1 atom stereocenters. The molecule has 0 aliphatic carbocycles. The van der Waals surface area contributed by atoms with Crippen molar-refractivity contribution in [3.05, 3.63) is 24.1 Å². The van der Waals surface area contributed by atoms with Crippen LogP contribution in [0.15, 0.2) is 22.7 Å². The van der Waals surface area contributed by atoms with Crippen LogP contribution < -0.4 is 15.2 Å². The Morgan fingerprint density at radius 2 is 1.95 bits per heavy atom. The van der Waals surface area contributed by atoms with E-state index in [4.69, 9.17) is 19.7 Å².